The molecular weight excluding hydrogens is 188 g/mol. The van der Waals surface area contributed by atoms with Gasteiger partial charge in [0.05, 0.1) is 0 Å². The van der Waals surface area contributed by atoms with Crippen molar-refractivity contribution in [3.05, 3.63) is 23.8 Å². The van der Waals surface area contributed by atoms with Crippen molar-refractivity contribution in [3.63, 3.8) is 0 Å². The Morgan fingerprint density at radius 3 is 2.60 bits per heavy atom. The maximum Gasteiger partial charge on any atom is 0.0498 e. The maximum absolute atomic E-state index is 9.11. The Morgan fingerprint density at radius 1 is 1.40 bits per heavy atom. The average molecular weight is 208 g/mol. The van der Waals surface area contributed by atoms with Crippen LogP contribution >= 0.6 is 0 Å². The Balaban J connectivity index is 2.62. The van der Waals surface area contributed by atoms with Gasteiger partial charge in [-0.1, -0.05) is 13.8 Å². The summed E-state index contributed by atoms with van der Waals surface area (Å²) in [5.74, 6) is 0. The second-order valence-corrected chi connectivity index (χ2v) is 4.75. The zero-order valence-electron chi connectivity index (χ0n) is 9.67. The Labute approximate surface area is 91.3 Å². The van der Waals surface area contributed by atoms with Gasteiger partial charge in [0, 0.05) is 29.9 Å². The van der Waals surface area contributed by atoms with E-state index >= 15 is 0 Å². The smallest absolute Gasteiger partial charge is 0.0498 e. The minimum Gasteiger partial charge on any atom is -0.399 e. The molecule has 1 aromatic carbocycles. The van der Waals surface area contributed by atoms with E-state index in [1.165, 1.54) is 0 Å². The van der Waals surface area contributed by atoms with Gasteiger partial charge in [-0.15, -0.1) is 0 Å². The fraction of sp³-hybridized carbons (Fsp3) is 0.500. The van der Waals surface area contributed by atoms with E-state index in [4.69, 9.17) is 10.8 Å². The first-order chi connectivity index (χ1) is 6.94. The third-order valence-corrected chi connectivity index (χ3v) is 2.47. The highest BCUT2D eigenvalue weighted by Crippen LogP contribution is 2.19. The van der Waals surface area contributed by atoms with Crippen molar-refractivity contribution in [2.75, 3.05) is 24.2 Å². The van der Waals surface area contributed by atoms with Crippen LogP contribution < -0.4 is 11.1 Å². The monoisotopic (exact) mass is 208 g/mol. The van der Waals surface area contributed by atoms with Gasteiger partial charge in [-0.3, -0.25) is 0 Å². The molecule has 0 aromatic heterocycles. The lowest BCUT2D eigenvalue weighted by atomic mass is 9.95. The number of aliphatic hydroxyl groups excluding tert-OH is 1. The number of hydrogen-bond acceptors (Lipinski definition) is 3. The molecule has 0 spiro atoms. The van der Waals surface area contributed by atoms with E-state index in [1.807, 2.05) is 39.0 Å². The van der Waals surface area contributed by atoms with Gasteiger partial charge in [-0.05, 0) is 30.7 Å². The number of rotatable bonds is 4. The molecule has 0 bridgehead atoms. The highest BCUT2D eigenvalue weighted by molar-refractivity contribution is 5.56. The molecule has 3 nitrogen and oxygen atoms in total. The number of nitrogens with one attached hydrogen (secondary N) is 1. The zero-order valence-corrected chi connectivity index (χ0v) is 9.67. The zero-order chi connectivity index (χ0) is 11.5. The lowest BCUT2D eigenvalue weighted by molar-refractivity contribution is 0.171. The molecule has 0 aliphatic carbocycles. The van der Waals surface area contributed by atoms with Crippen LogP contribution in [-0.2, 0) is 0 Å². The molecule has 1 rings (SSSR count). The first-order valence-electron chi connectivity index (χ1n) is 5.15. The summed E-state index contributed by atoms with van der Waals surface area (Å²) in [5, 5.41) is 12.4. The van der Waals surface area contributed by atoms with Gasteiger partial charge < -0.3 is 16.2 Å². The Bertz CT molecular complexity index is 334. The lowest BCUT2D eigenvalue weighted by Crippen LogP contribution is -2.26. The second kappa shape index (κ2) is 4.53. The van der Waals surface area contributed by atoms with Crippen LogP contribution in [0.2, 0.25) is 0 Å². The molecule has 0 amide bonds. The largest absolute Gasteiger partial charge is 0.399 e. The summed E-state index contributed by atoms with van der Waals surface area (Å²) >= 11 is 0. The quantitative estimate of drug-likeness (QED) is 0.663. The van der Waals surface area contributed by atoms with Gasteiger partial charge in [-0.25, -0.2) is 0 Å². The van der Waals surface area contributed by atoms with Gasteiger partial charge >= 0.3 is 0 Å². The first kappa shape index (κ1) is 11.9. The summed E-state index contributed by atoms with van der Waals surface area (Å²) < 4.78 is 0. The molecule has 0 atom stereocenters. The van der Waals surface area contributed by atoms with Gasteiger partial charge in [0.15, 0.2) is 0 Å². The number of nitrogens with two attached hydrogens (primary N) is 1. The molecule has 0 aliphatic heterocycles. The molecule has 3 heteroatoms. The van der Waals surface area contributed by atoms with E-state index in [-0.39, 0.29) is 12.0 Å². The number of aryl methyl sites for hydroxylation is 1. The molecule has 0 saturated carbocycles. The van der Waals surface area contributed by atoms with Crippen molar-refractivity contribution < 1.29 is 5.11 Å². The van der Waals surface area contributed by atoms with Crippen LogP contribution in [0.15, 0.2) is 18.2 Å². The summed E-state index contributed by atoms with van der Waals surface area (Å²) in [6, 6.07) is 5.86. The molecule has 0 aliphatic rings. The maximum atomic E-state index is 9.11. The lowest BCUT2D eigenvalue weighted by Gasteiger charge is -2.22. The second-order valence-electron chi connectivity index (χ2n) is 4.75. The van der Waals surface area contributed by atoms with E-state index in [0.29, 0.717) is 0 Å². The molecule has 4 N–H and O–H groups in total. The fourth-order valence-electron chi connectivity index (χ4n) is 1.18. The van der Waals surface area contributed by atoms with Crippen LogP contribution in [0.5, 0.6) is 0 Å². The van der Waals surface area contributed by atoms with Crippen molar-refractivity contribution >= 4 is 11.4 Å². The molecule has 0 radical (unpaired) electrons. The molecule has 0 fully saturated rings. The van der Waals surface area contributed by atoms with Gasteiger partial charge in [0.2, 0.25) is 0 Å². The van der Waals surface area contributed by atoms with E-state index < -0.39 is 0 Å². The first-order valence-corrected chi connectivity index (χ1v) is 5.15. The minimum absolute atomic E-state index is 0.102. The summed E-state index contributed by atoms with van der Waals surface area (Å²) in [6.45, 7) is 6.94. The molecule has 0 saturated heterocycles. The summed E-state index contributed by atoms with van der Waals surface area (Å²) in [6.07, 6.45) is 0. The Kier molecular flexibility index (Phi) is 3.58. The standard InChI is InChI=1S/C12H20N2O/c1-9-6-10(4-5-11(9)13)14-7-12(2,3)8-15/h4-6,14-15H,7-8,13H2,1-3H3. The molecule has 0 heterocycles. The normalized spacial score (nSPS) is 11.5. The number of anilines is 2. The third kappa shape index (κ3) is 3.44. The molecule has 0 unspecified atom stereocenters. The molecule has 1 aromatic rings. The van der Waals surface area contributed by atoms with E-state index in [1.54, 1.807) is 0 Å². The van der Waals surface area contributed by atoms with Gasteiger partial charge in [0.1, 0.15) is 0 Å². The summed E-state index contributed by atoms with van der Waals surface area (Å²) in [4.78, 5) is 0. The number of benzene rings is 1. The Morgan fingerprint density at radius 2 is 2.07 bits per heavy atom. The van der Waals surface area contributed by atoms with E-state index in [2.05, 4.69) is 5.32 Å². The molecular formula is C12H20N2O. The van der Waals surface area contributed by atoms with Gasteiger partial charge in [0.25, 0.3) is 0 Å². The predicted octanol–water partition coefficient (Wildman–Crippen LogP) is 2.01. The van der Waals surface area contributed by atoms with Crippen molar-refractivity contribution in [2.24, 2.45) is 5.41 Å². The molecule has 15 heavy (non-hydrogen) atoms. The molecule has 84 valence electrons. The van der Waals surface area contributed by atoms with E-state index in [9.17, 15) is 0 Å². The van der Waals surface area contributed by atoms with Crippen molar-refractivity contribution in [3.8, 4) is 0 Å². The fourth-order valence-corrected chi connectivity index (χ4v) is 1.18. The topological polar surface area (TPSA) is 58.3 Å². The van der Waals surface area contributed by atoms with Crippen LogP contribution in [-0.4, -0.2) is 18.3 Å². The minimum atomic E-state index is -0.102. The number of hydrogen-bond donors (Lipinski definition) is 3. The highest BCUT2D eigenvalue weighted by atomic mass is 16.3. The summed E-state index contributed by atoms with van der Waals surface area (Å²) in [7, 11) is 0. The van der Waals surface area contributed by atoms with Crippen LogP contribution in [0, 0.1) is 12.3 Å². The van der Waals surface area contributed by atoms with Crippen LogP contribution in [0.3, 0.4) is 0 Å². The average Bonchev–Trinajstić information content (AvgIpc) is 2.20. The van der Waals surface area contributed by atoms with E-state index in [0.717, 1.165) is 23.5 Å². The third-order valence-electron chi connectivity index (χ3n) is 2.47. The highest BCUT2D eigenvalue weighted by Gasteiger charge is 2.15. The van der Waals surface area contributed by atoms with Crippen molar-refractivity contribution in [1.82, 2.24) is 0 Å². The Hall–Kier alpha value is -1.22. The van der Waals surface area contributed by atoms with Crippen LogP contribution in [0.25, 0.3) is 0 Å². The predicted molar refractivity (Wildman–Crippen MR) is 64.9 cm³/mol. The van der Waals surface area contributed by atoms with Crippen LogP contribution in [0.1, 0.15) is 19.4 Å². The van der Waals surface area contributed by atoms with Crippen molar-refractivity contribution in [1.29, 1.82) is 0 Å². The van der Waals surface area contributed by atoms with Crippen molar-refractivity contribution in [2.45, 2.75) is 20.8 Å². The summed E-state index contributed by atoms with van der Waals surface area (Å²) in [5.41, 5.74) is 8.55. The van der Waals surface area contributed by atoms with Crippen LogP contribution in [0.4, 0.5) is 11.4 Å². The number of nitrogen functional groups attached to an aromatic ring is 1. The number of aliphatic hydroxyl groups is 1. The SMILES string of the molecule is Cc1cc(NCC(C)(C)CO)ccc1N. The van der Waals surface area contributed by atoms with Gasteiger partial charge in [-0.2, -0.15) is 0 Å².